The van der Waals surface area contributed by atoms with Crippen LogP contribution in [-0.4, -0.2) is 31.1 Å². The van der Waals surface area contributed by atoms with Crippen LogP contribution in [0.25, 0.3) is 0 Å². The maximum atomic E-state index is 3.48. The largest absolute Gasteiger partial charge is 0.283 e. The van der Waals surface area contributed by atoms with Crippen LogP contribution in [0.5, 0.6) is 0 Å². The molecular formula is C2N10-2. The lowest BCUT2D eigenvalue weighted by Gasteiger charge is -1.91. The van der Waals surface area contributed by atoms with E-state index >= 15 is 0 Å². The highest BCUT2D eigenvalue weighted by atomic mass is 15.5. The number of azo groups is 1. The average molecular weight is 164 g/mol. The quantitative estimate of drug-likeness (QED) is 0.484. The fourth-order valence-electron chi connectivity index (χ4n) is 0.449. The van der Waals surface area contributed by atoms with Gasteiger partial charge in [0, 0.05) is 0 Å². The maximum Gasteiger partial charge on any atom is 0.117 e. The third-order valence-corrected chi connectivity index (χ3v) is 0.846. The van der Waals surface area contributed by atoms with E-state index in [0.29, 0.717) is 0 Å². The minimum atomic E-state index is 0.0415. The summed E-state index contributed by atoms with van der Waals surface area (Å²) in [5.41, 5.74) is 0. The van der Waals surface area contributed by atoms with E-state index in [0.717, 1.165) is 0 Å². The highest BCUT2D eigenvalue weighted by molar-refractivity contribution is 5.10. The first kappa shape index (κ1) is 6.45. The van der Waals surface area contributed by atoms with Crippen molar-refractivity contribution in [3.63, 3.8) is 0 Å². The monoisotopic (exact) mass is 164 g/mol. The van der Waals surface area contributed by atoms with Crippen molar-refractivity contribution in [1.82, 2.24) is 41.2 Å². The molecule has 2 aromatic rings. The summed E-state index contributed by atoms with van der Waals surface area (Å²) in [6.07, 6.45) is 0. The fraction of sp³-hybridized carbons (Fsp3) is 0. The molecule has 0 fully saturated rings. The van der Waals surface area contributed by atoms with Gasteiger partial charge in [-0.25, -0.2) is 10.2 Å². The molecule has 0 N–H and O–H groups in total. The lowest BCUT2D eigenvalue weighted by molar-refractivity contribution is 0.871. The zero-order chi connectivity index (χ0) is 8.23. The van der Waals surface area contributed by atoms with E-state index in [1.807, 2.05) is 0 Å². The van der Waals surface area contributed by atoms with Gasteiger partial charge >= 0.3 is 0 Å². The van der Waals surface area contributed by atoms with Crippen LogP contribution in [0.15, 0.2) is 10.2 Å². The van der Waals surface area contributed by atoms with Crippen LogP contribution in [0.2, 0.25) is 0 Å². The Morgan fingerprint density at radius 2 is 1.33 bits per heavy atom. The first-order valence-electron chi connectivity index (χ1n) is 2.74. The number of aromatic nitrogens is 8. The Labute approximate surface area is 64.5 Å². The smallest absolute Gasteiger partial charge is 0.117 e. The second kappa shape index (κ2) is 2.77. The second-order valence-electron chi connectivity index (χ2n) is 1.56. The predicted octanol–water partition coefficient (Wildman–Crippen LogP) is -1.61. The molecule has 0 spiro atoms. The van der Waals surface area contributed by atoms with Gasteiger partial charge in [-0.2, -0.15) is 10.4 Å². The minimum Gasteiger partial charge on any atom is -0.283 e. The van der Waals surface area contributed by atoms with Crippen molar-refractivity contribution >= 4 is 11.9 Å². The van der Waals surface area contributed by atoms with Crippen molar-refractivity contribution in [3.05, 3.63) is 0 Å². The molecule has 0 unspecified atom stereocenters. The van der Waals surface area contributed by atoms with Gasteiger partial charge in [-0.3, -0.25) is 20.4 Å². The maximum absolute atomic E-state index is 3.48. The molecule has 0 saturated heterocycles. The summed E-state index contributed by atoms with van der Waals surface area (Å²) in [6, 6.07) is 0. The number of hydrogen-bond acceptors (Lipinski definition) is 8. The van der Waals surface area contributed by atoms with Gasteiger partial charge in [-0.05, 0) is 0 Å². The van der Waals surface area contributed by atoms with E-state index in [1.165, 1.54) is 0 Å². The van der Waals surface area contributed by atoms with Gasteiger partial charge in [-0.15, -0.1) is 10.4 Å². The standard InChI is InChI=1S/C2N10/c3(1-5-9-10-6-1)4-2-7-11-12-8-2/q-2. The molecular weight excluding hydrogens is 164 g/mol. The molecule has 0 amide bonds. The fourth-order valence-corrected chi connectivity index (χ4v) is 0.449. The summed E-state index contributed by atoms with van der Waals surface area (Å²) in [4.78, 5) is 0. The van der Waals surface area contributed by atoms with Crippen LogP contribution in [0.1, 0.15) is 0 Å². The molecule has 0 bridgehead atoms. The predicted molar refractivity (Wildman–Crippen MR) is 30.5 cm³/mol. The summed E-state index contributed by atoms with van der Waals surface area (Å²) in [7, 11) is 0. The van der Waals surface area contributed by atoms with Crippen molar-refractivity contribution in [1.29, 1.82) is 0 Å². The molecule has 0 radical (unpaired) electrons. The van der Waals surface area contributed by atoms with Crippen LogP contribution in [0.3, 0.4) is 0 Å². The molecule has 0 saturated carbocycles. The molecule has 10 heteroatoms. The zero-order valence-electron chi connectivity index (χ0n) is 5.47. The number of nitrogens with zero attached hydrogens (tertiary/aromatic N) is 10. The Bertz CT molecular complexity index is 305. The molecule has 60 valence electrons. The van der Waals surface area contributed by atoms with E-state index < -0.39 is 0 Å². The molecule has 2 heterocycles. The summed E-state index contributed by atoms with van der Waals surface area (Å²) in [6.45, 7) is 0. The van der Waals surface area contributed by atoms with E-state index in [2.05, 4.69) is 51.5 Å². The number of rotatable bonds is 2. The Kier molecular flexibility index (Phi) is 1.49. The lowest BCUT2D eigenvalue weighted by Crippen LogP contribution is -1.72. The molecule has 0 atom stereocenters. The van der Waals surface area contributed by atoms with E-state index in [4.69, 9.17) is 0 Å². The van der Waals surface area contributed by atoms with E-state index in [1.54, 1.807) is 0 Å². The highest BCUT2D eigenvalue weighted by Gasteiger charge is 1.79. The second-order valence-corrected chi connectivity index (χ2v) is 1.56. The molecule has 12 heavy (non-hydrogen) atoms. The lowest BCUT2D eigenvalue weighted by atomic mass is 11.1. The molecule has 0 aliphatic heterocycles. The van der Waals surface area contributed by atoms with Gasteiger partial charge in [0.05, 0.1) is 0 Å². The van der Waals surface area contributed by atoms with Gasteiger partial charge in [0.1, 0.15) is 11.9 Å². The first-order valence-corrected chi connectivity index (χ1v) is 2.74. The minimum absolute atomic E-state index is 0.0415. The van der Waals surface area contributed by atoms with E-state index in [-0.39, 0.29) is 11.9 Å². The number of hydrogen-bond donors (Lipinski definition) is 0. The van der Waals surface area contributed by atoms with Crippen LogP contribution >= 0.6 is 0 Å². The first-order chi connectivity index (χ1) is 5.95. The van der Waals surface area contributed by atoms with Crippen molar-refractivity contribution in [3.8, 4) is 0 Å². The van der Waals surface area contributed by atoms with Crippen molar-refractivity contribution in [2.24, 2.45) is 10.2 Å². The topological polar surface area (TPSA) is 130 Å². The summed E-state index contributed by atoms with van der Waals surface area (Å²) < 4.78 is 0. The van der Waals surface area contributed by atoms with Gasteiger partial charge in [-0.1, -0.05) is 0 Å². The van der Waals surface area contributed by atoms with Crippen molar-refractivity contribution < 1.29 is 0 Å². The third kappa shape index (κ3) is 1.25. The Morgan fingerprint density at radius 1 is 0.833 bits per heavy atom. The van der Waals surface area contributed by atoms with Gasteiger partial charge < -0.3 is 0 Å². The molecule has 10 nitrogen and oxygen atoms in total. The van der Waals surface area contributed by atoms with E-state index in [9.17, 15) is 0 Å². The Hall–Kier alpha value is -2.26. The zero-order valence-corrected chi connectivity index (χ0v) is 5.47. The number of tetrazole rings is 2. The Morgan fingerprint density at radius 3 is 1.67 bits per heavy atom. The van der Waals surface area contributed by atoms with Crippen LogP contribution in [0, 0.1) is 0 Å². The molecule has 0 aliphatic rings. The molecule has 0 aliphatic carbocycles. The van der Waals surface area contributed by atoms with Gasteiger partial charge in [0.2, 0.25) is 0 Å². The summed E-state index contributed by atoms with van der Waals surface area (Å²) >= 11 is 0. The highest BCUT2D eigenvalue weighted by Crippen LogP contribution is 2.03. The van der Waals surface area contributed by atoms with Crippen molar-refractivity contribution in [2.75, 3.05) is 0 Å². The Balaban J connectivity index is 2.14. The molecule has 0 aromatic carbocycles. The molecule has 2 rings (SSSR count). The summed E-state index contributed by atoms with van der Waals surface area (Å²) in [5.74, 6) is 0.0830. The third-order valence-electron chi connectivity index (χ3n) is 0.846. The summed E-state index contributed by atoms with van der Waals surface area (Å²) in [5, 5.41) is 33.3. The van der Waals surface area contributed by atoms with Crippen LogP contribution < -0.4 is 10.2 Å². The SMILES string of the molecule is N(=Nc1nnn[n-]1)c1nnn[n-]1. The van der Waals surface area contributed by atoms with Crippen molar-refractivity contribution in [2.45, 2.75) is 0 Å². The van der Waals surface area contributed by atoms with Crippen LogP contribution in [-0.2, 0) is 0 Å². The van der Waals surface area contributed by atoms with Gasteiger partial charge in [0.25, 0.3) is 0 Å². The molecule has 2 aromatic heterocycles. The normalized spacial score (nSPS) is 11.0. The van der Waals surface area contributed by atoms with Crippen LogP contribution in [0.4, 0.5) is 11.9 Å². The van der Waals surface area contributed by atoms with Gasteiger partial charge in [0.15, 0.2) is 0 Å². The average Bonchev–Trinajstić information content (AvgIpc) is 2.74.